The highest BCUT2D eigenvalue weighted by atomic mass is 32.2. The number of aromatic nitrogens is 1. The zero-order valence-corrected chi connectivity index (χ0v) is 14.0. The summed E-state index contributed by atoms with van der Waals surface area (Å²) >= 11 is 1.90. The lowest BCUT2D eigenvalue weighted by Gasteiger charge is -2.20. The van der Waals surface area contributed by atoms with Crippen LogP contribution < -0.4 is 9.47 Å². The minimum Gasteiger partial charge on any atom is -0.454 e. The number of fused-ring (bicyclic) bond motifs is 1. The van der Waals surface area contributed by atoms with E-state index in [1.54, 1.807) is 24.5 Å². The SMILES string of the molecule is O=C(c1ccncc1)N1CCSC(c2ccc3c(c2)OCO3)CC1. The van der Waals surface area contributed by atoms with Gasteiger partial charge in [-0.2, -0.15) is 11.8 Å². The quantitative estimate of drug-likeness (QED) is 0.839. The molecule has 5 nitrogen and oxygen atoms in total. The molecule has 0 N–H and O–H groups in total. The van der Waals surface area contributed by atoms with E-state index >= 15 is 0 Å². The molecule has 1 fully saturated rings. The lowest BCUT2D eigenvalue weighted by Crippen LogP contribution is -2.32. The van der Waals surface area contributed by atoms with Crippen LogP contribution in [0.15, 0.2) is 42.7 Å². The maximum absolute atomic E-state index is 12.6. The number of carbonyl (C=O) groups is 1. The maximum atomic E-state index is 12.6. The van der Waals surface area contributed by atoms with E-state index < -0.39 is 0 Å². The number of ether oxygens (including phenoxy) is 2. The molecule has 0 spiro atoms. The van der Waals surface area contributed by atoms with E-state index in [0.717, 1.165) is 36.8 Å². The van der Waals surface area contributed by atoms with E-state index in [0.29, 0.717) is 17.6 Å². The monoisotopic (exact) mass is 342 g/mol. The summed E-state index contributed by atoms with van der Waals surface area (Å²) in [4.78, 5) is 18.5. The van der Waals surface area contributed by atoms with Crippen molar-refractivity contribution in [1.29, 1.82) is 0 Å². The van der Waals surface area contributed by atoms with Gasteiger partial charge in [-0.1, -0.05) is 6.07 Å². The maximum Gasteiger partial charge on any atom is 0.253 e. The Labute approximate surface area is 145 Å². The smallest absolute Gasteiger partial charge is 0.253 e. The number of pyridine rings is 1. The van der Waals surface area contributed by atoms with Gasteiger partial charge < -0.3 is 14.4 Å². The molecule has 1 aromatic heterocycles. The Morgan fingerprint density at radius 1 is 1.12 bits per heavy atom. The predicted molar refractivity (Wildman–Crippen MR) is 92.5 cm³/mol. The number of benzene rings is 1. The normalized spacial score (nSPS) is 19.8. The number of carbonyl (C=O) groups excluding carboxylic acids is 1. The van der Waals surface area contributed by atoms with Gasteiger partial charge in [0.15, 0.2) is 11.5 Å². The van der Waals surface area contributed by atoms with Crippen LogP contribution in [0.2, 0.25) is 0 Å². The number of hydrogen-bond donors (Lipinski definition) is 0. The number of thioether (sulfide) groups is 1. The molecule has 0 aliphatic carbocycles. The molecule has 24 heavy (non-hydrogen) atoms. The molecule has 2 aliphatic rings. The molecule has 2 aromatic rings. The zero-order valence-electron chi connectivity index (χ0n) is 13.2. The number of hydrogen-bond acceptors (Lipinski definition) is 5. The van der Waals surface area contributed by atoms with Crippen LogP contribution in [-0.2, 0) is 0 Å². The fourth-order valence-electron chi connectivity index (χ4n) is 3.03. The van der Waals surface area contributed by atoms with Gasteiger partial charge in [0.05, 0.1) is 0 Å². The first-order chi connectivity index (χ1) is 11.8. The van der Waals surface area contributed by atoms with Gasteiger partial charge in [-0.3, -0.25) is 9.78 Å². The zero-order chi connectivity index (χ0) is 16.4. The topological polar surface area (TPSA) is 51.7 Å². The first-order valence-corrected chi connectivity index (χ1v) is 9.06. The average Bonchev–Trinajstić information content (AvgIpc) is 2.96. The van der Waals surface area contributed by atoms with Gasteiger partial charge in [-0.05, 0) is 36.2 Å². The highest BCUT2D eigenvalue weighted by Gasteiger charge is 2.24. The Hall–Kier alpha value is -2.21. The van der Waals surface area contributed by atoms with Crippen LogP contribution in [0.3, 0.4) is 0 Å². The molecule has 2 aliphatic heterocycles. The van der Waals surface area contributed by atoms with Crippen LogP contribution in [0.25, 0.3) is 0 Å². The van der Waals surface area contributed by atoms with Crippen molar-refractivity contribution >= 4 is 17.7 Å². The Balaban J connectivity index is 1.46. The second kappa shape index (κ2) is 6.73. The molecular formula is C18H18N2O3S. The number of nitrogens with zero attached hydrogens (tertiary/aromatic N) is 2. The van der Waals surface area contributed by atoms with Gasteiger partial charge >= 0.3 is 0 Å². The minimum absolute atomic E-state index is 0.0873. The van der Waals surface area contributed by atoms with Gasteiger partial charge in [-0.25, -0.2) is 0 Å². The molecule has 3 heterocycles. The van der Waals surface area contributed by atoms with E-state index in [2.05, 4.69) is 17.1 Å². The third-order valence-electron chi connectivity index (χ3n) is 4.32. The molecule has 1 amide bonds. The summed E-state index contributed by atoms with van der Waals surface area (Å²) in [6.45, 7) is 1.82. The first kappa shape index (κ1) is 15.3. The summed E-state index contributed by atoms with van der Waals surface area (Å²) in [7, 11) is 0. The van der Waals surface area contributed by atoms with Gasteiger partial charge in [0.25, 0.3) is 5.91 Å². The molecule has 1 atom stereocenters. The van der Waals surface area contributed by atoms with Crippen LogP contribution in [0, 0.1) is 0 Å². The molecule has 0 radical (unpaired) electrons. The molecule has 1 unspecified atom stereocenters. The molecule has 1 aromatic carbocycles. The predicted octanol–water partition coefficient (Wildman–Crippen LogP) is 3.13. The lowest BCUT2D eigenvalue weighted by molar-refractivity contribution is 0.0766. The molecule has 0 saturated carbocycles. The van der Waals surface area contributed by atoms with Crippen LogP contribution in [0.5, 0.6) is 11.5 Å². The van der Waals surface area contributed by atoms with E-state index in [9.17, 15) is 4.79 Å². The van der Waals surface area contributed by atoms with E-state index in [1.807, 2.05) is 22.7 Å². The molecule has 4 rings (SSSR count). The molecule has 0 bridgehead atoms. The van der Waals surface area contributed by atoms with E-state index in [4.69, 9.17) is 9.47 Å². The Kier molecular flexibility index (Phi) is 4.30. The van der Waals surface area contributed by atoms with Crippen molar-refractivity contribution in [2.75, 3.05) is 25.6 Å². The number of amides is 1. The highest BCUT2D eigenvalue weighted by Crippen LogP contribution is 2.40. The summed E-state index contributed by atoms with van der Waals surface area (Å²) in [6, 6.07) is 9.69. The fraction of sp³-hybridized carbons (Fsp3) is 0.333. The average molecular weight is 342 g/mol. The molecule has 124 valence electrons. The highest BCUT2D eigenvalue weighted by molar-refractivity contribution is 7.99. The van der Waals surface area contributed by atoms with Crippen LogP contribution in [0.1, 0.15) is 27.6 Å². The van der Waals surface area contributed by atoms with Gasteiger partial charge in [0, 0.05) is 42.0 Å². The van der Waals surface area contributed by atoms with Crippen molar-refractivity contribution in [3.8, 4) is 11.5 Å². The molecule has 1 saturated heterocycles. The Morgan fingerprint density at radius 2 is 1.96 bits per heavy atom. The third-order valence-corrected chi connectivity index (χ3v) is 5.65. The lowest BCUT2D eigenvalue weighted by atomic mass is 10.1. The summed E-state index contributed by atoms with van der Waals surface area (Å²) < 4.78 is 10.9. The second-order valence-corrected chi connectivity index (χ2v) is 7.10. The van der Waals surface area contributed by atoms with Crippen LogP contribution in [0.4, 0.5) is 0 Å². The Morgan fingerprint density at radius 3 is 2.83 bits per heavy atom. The van der Waals surface area contributed by atoms with E-state index in [1.165, 1.54) is 5.56 Å². The first-order valence-electron chi connectivity index (χ1n) is 8.02. The standard InChI is InChI=1S/C18H18N2O3S/c21-18(13-3-6-19-7-4-13)20-8-5-17(24-10-9-20)14-1-2-15-16(11-14)23-12-22-15/h1-4,6-7,11,17H,5,8-10,12H2. The van der Waals surface area contributed by atoms with Crippen molar-refractivity contribution in [3.63, 3.8) is 0 Å². The van der Waals surface area contributed by atoms with Gasteiger partial charge in [0.2, 0.25) is 6.79 Å². The Bertz CT molecular complexity index is 738. The van der Waals surface area contributed by atoms with Crippen molar-refractivity contribution in [3.05, 3.63) is 53.9 Å². The minimum atomic E-state index is 0.0873. The third kappa shape index (κ3) is 3.06. The van der Waals surface area contributed by atoms with Crippen LogP contribution >= 0.6 is 11.8 Å². The van der Waals surface area contributed by atoms with Crippen LogP contribution in [-0.4, -0.2) is 41.4 Å². The van der Waals surface area contributed by atoms with E-state index in [-0.39, 0.29) is 5.91 Å². The largest absolute Gasteiger partial charge is 0.454 e. The molecule has 6 heteroatoms. The molecular weight excluding hydrogens is 324 g/mol. The fourth-order valence-corrected chi connectivity index (χ4v) is 4.25. The summed E-state index contributed by atoms with van der Waals surface area (Å²) in [5.41, 5.74) is 1.94. The summed E-state index contributed by atoms with van der Waals surface area (Å²) in [5.74, 6) is 2.65. The van der Waals surface area contributed by atoms with Crippen molar-refractivity contribution in [1.82, 2.24) is 9.88 Å². The van der Waals surface area contributed by atoms with Crippen molar-refractivity contribution in [2.45, 2.75) is 11.7 Å². The van der Waals surface area contributed by atoms with Gasteiger partial charge in [-0.15, -0.1) is 0 Å². The van der Waals surface area contributed by atoms with Crippen molar-refractivity contribution < 1.29 is 14.3 Å². The van der Waals surface area contributed by atoms with Gasteiger partial charge in [0.1, 0.15) is 0 Å². The summed E-state index contributed by atoms with van der Waals surface area (Å²) in [5, 5.41) is 0.370. The number of rotatable bonds is 2. The second-order valence-electron chi connectivity index (χ2n) is 5.79. The summed E-state index contributed by atoms with van der Waals surface area (Å²) in [6.07, 6.45) is 4.26. The van der Waals surface area contributed by atoms with Crippen molar-refractivity contribution in [2.24, 2.45) is 0 Å².